The van der Waals surface area contributed by atoms with Crippen LogP contribution in [0.15, 0.2) is 102 Å². The standard InChI is InChI=1S/C35H30Cl2N4O4S2/c1-3-30(34(44)41-35-40-28-16-15-25(45-4-2)20-31(28)47-35)46-26-12-8-11-24(19-26)38-33(43)29(17-22-13-14-23(36)18-27(22)37)39-32(42)21-9-6-5-7-10-21/h5-20,30H,3-4H2,1-2H3,(H,38,43)(H,39,42)(H,40,41,44)/b29-17+. The minimum atomic E-state index is -0.560. The third-order valence-electron chi connectivity index (χ3n) is 6.73. The molecule has 0 aliphatic rings. The summed E-state index contributed by atoms with van der Waals surface area (Å²) in [6, 6.07) is 26.2. The van der Waals surface area contributed by atoms with E-state index in [0.29, 0.717) is 45.0 Å². The van der Waals surface area contributed by atoms with Gasteiger partial charge < -0.3 is 20.7 Å². The number of thioether (sulfide) groups is 1. The summed E-state index contributed by atoms with van der Waals surface area (Å²) in [7, 11) is 0. The zero-order valence-corrected chi connectivity index (χ0v) is 28.5. The molecule has 1 unspecified atom stereocenters. The van der Waals surface area contributed by atoms with Gasteiger partial charge in [-0.1, -0.05) is 71.8 Å². The number of nitrogens with one attached hydrogen (secondary N) is 3. The number of fused-ring (bicyclic) bond motifs is 1. The molecule has 0 saturated heterocycles. The van der Waals surface area contributed by atoms with E-state index in [-0.39, 0.29) is 11.6 Å². The van der Waals surface area contributed by atoms with E-state index < -0.39 is 17.1 Å². The van der Waals surface area contributed by atoms with Crippen molar-refractivity contribution in [2.24, 2.45) is 0 Å². The van der Waals surface area contributed by atoms with Crippen molar-refractivity contribution in [1.29, 1.82) is 0 Å². The van der Waals surface area contributed by atoms with Crippen LogP contribution in [0.5, 0.6) is 5.75 Å². The normalized spacial score (nSPS) is 12.0. The zero-order valence-electron chi connectivity index (χ0n) is 25.4. The van der Waals surface area contributed by atoms with Crippen LogP contribution in [0.3, 0.4) is 0 Å². The van der Waals surface area contributed by atoms with Crippen LogP contribution in [0.4, 0.5) is 10.8 Å². The molecule has 1 atom stereocenters. The van der Waals surface area contributed by atoms with E-state index in [1.54, 1.807) is 66.7 Å². The Balaban J connectivity index is 1.30. The first-order valence-electron chi connectivity index (χ1n) is 14.7. The molecule has 3 N–H and O–H groups in total. The quantitative estimate of drug-likeness (QED) is 0.0884. The van der Waals surface area contributed by atoms with Gasteiger partial charge in [0.05, 0.1) is 22.1 Å². The maximum atomic E-state index is 13.5. The minimum Gasteiger partial charge on any atom is -0.494 e. The van der Waals surface area contributed by atoms with Gasteiger partial charge in [0.15, 0.2) is 5.13 Å². The first-order valence-corrected chi connectivity index (χ1v) is 17.1. The number of rotatable bonds is 12. The van der Waals surface area contributed by atoms with Crippen LogP contribution in [0.2, 0.25) is 10.0 Å². The van der Waals surface area contributed by atoms with Crippen molar-refractivity contribution in [3.8, 4) is 5.75 Å². The van der Waals surface area contributed by atoms with Crippen LogP contribution in [-0.2, 0) is 9.59 Å². The van der Waals surface area contributed by atoms with Crippen molar-refractivity contribution in [2.75, 3.05) is 17.2 Å². The van der Waals surface area contributed by atoms with Crippen LogP contribution in [0, 0.1) is 0 Å². The summed E-state index contributed by atoms with van der Waals surface area (Å²) in [5, 5.41) is 9.36. The average Bonchev–Trinajstić information content (AvgIpc) is 3.46. The Labute approximate surface area is 290 Å². The summed E-state index contributed by atoms with van der Waals surface area (Å²) >= 11 is 15.2. The fraction of sp³-hybridized carbons (Fsp3) is 0.143. The lowest BCUT2D eigenvalue weighted by atomic mass is 10.1. The molecule has 0 aliphatic heterocycles. The first kappa shape index (κ1) is 34.0. The van der Waals surface area contributed by atoms with Crippen LogP contribution in [0.25, 0.3) is 16.3 Å². The predicted molar refractivity (Wildman–Crippen MR) is 193 cm³/mol. The maximum Gasteiger partial charge on any atom is 0.272 e. The van der Waals surface area contributed by atoms with Gasteiger partial charge in [-0.15, -0.1) is 11.8 Å². The van der Waals surface area contributed by atoms with Gasteiger partial charge >= 0.3 is 0 Å². The molecule has 0 saturated carbocycles. The number of hydrogen-bond donors (Lipinski definition) is 3. The monoisotopic (exact) mass is 704 g/mol. The summed E-state index contributed by atoms with van der Waals surface area (Å²) in [5.41, 5.74) is 2.13. The molecule has 1 heterocycles. The number of carbonyl (C=O) groups is 3. The number of aromatic nitrogens is 1. The number of thiazole rings is 1. The molecule has 0 aliphatic carbocycles. The second kappa shape index (κ2) is 16.0. The molecule has 0 fully saturated rings. The average molecular weight is 706 g/mol. The second-order valence-electron chi connectivity index (χ2n) is 10.1. The largest absolute Gasteiger partial charge is 0.494 e. The highest BCUT2D eigenvalue weighted by Gasteiger charge is 2.21. The van der Waals surface area contributed by atoms with Gasteiger partial charge in [0.2, 0.25) is 5.91 Å². The Morgan fingerprint density at radius 3 is 2.49 bits per heavy atom. The van der Waals surface area contributed by atoms with Crippen molar-refractivity contribution in [2.45, 2.75) is 30.4 Å². The first-order chi connectivity index (χ1) is 22.7. The zero-order chi connectivity index (χ0) is 33.3. The molecule has 4 aromatic carbocycles. The minimum absolute atomic E-state index is 0.0174. The third-order valence-corrected chi connectivity index (χ3v) is 9.58. The van der Waals surface area contributed by atoms with Crippen molar-refractivity contribution >= 4 is 91.1 Å². The molecule has 5 aromatic rings. The molecule has 47 heavy (non-hydrogen) atoms. The fourth-order valence-corrected chi connectivity index (χ4v) is 6.82. The van der Waals surface area contributed by atoms with Crippen LogP contribution < -0.4 is 20.7 Å². The fourth-order valence-electron chi connectivity index (χ4n) is 4.45. The van der Waals surface area contributed by atoms with Gasteiger partial charge in [-0.2, -0.15) is 0 Å². The molecule has 0 bridgehead atoms. The van der Waals surface area contributed by atoms with Crippen LogP contribution in [0.1, 0.15) is 36.2 Å². The Morgan fingerprint density at radius 2 is 1.74 bits per heavy atom. The summed E-state index contributed by atoms with van der Waals surface area (Å²) in [4.78, 5) is 45.1. The lowest BCUT2D eigenvalue weighted by Crippen LogP contribution is -2.30. The highest BCUT2D eigenvalue weighted by atomic mass is 35.5. The van der Waals surface area contributed by atoms with E-state index in [4.69, 9.17) is 27.9 Å². The number of amides is 3. The smallest absolute Gasteiger partial charge is 0.272 e. The maximum absolute atomic E-state index is 13.5. The molecule has 12 heteroatoms. The molecule has 240 valence electrons. The Bertz CT molecular complexity index is 1950. The Morgan fingerprint density at radius 1 is 0.936 bits per heavy atom. The van der Waals surface area contributed by atoms with E-state index in [0.717, 1.165) is 20.9 Å². The lowest BCUT2D eigenvalue weighted by Gasteiger charge is -2.15. The molecule has 3 amide bonds. The number of ether oxygens (including phenoxy) is 1. The predicted octanol–water partition coefficient (Wildman–Crippen LogP) is 8.92. The third kappa shape index (κ3) is 9.14. The number of halogens is 2. The molecule has 5 rings (SSSR count). The van der Waals surface area contributed by atoms with Gasteiger partial charge in [0.1, 0.15) is 11.4 Å². The van der Waals surface area contributed by atoms with E-state index in [1.807, 2.05) is 38.1 Å². The summed E-state index contributed by atoms with van der Waals surface area (Å²) in [6.45, 7) is 4.42. The number of anilines is 2. The van der Waals surface area contributed by atoms with Gasteiger partial charge in [0, 0.05) is 26.2 Å². The van der Waals surface area contributed by atoms with Gasteiger partial charge in [-0.05, 0) is 85.6 Å². The Kier molecular flexibility index (Phi) is 11.6. The van der Waals surface area contributed by atoms with Crippen LogP contribution in [-0.4, -0.2) is 34.6 Å². The van der Waals surface area contributed by atoms with Gasteiger partial charge in [-0.25, -0.2) is 4.98 Å². The molecule has 1 aromatic heterocycles. The van der Waals surface area contributed by atoms with E-state index in [2.05, 4.69) is 20.9 Å². The second-order valence-corrected chi connectivity index (χ2v) is 13.3. The molecular formula is C35H30Cl2N4O4S2. The molecule has 0 spiro atoms. The highest BCUT2D eigenvalue weighted by molar-refractivity contribution is 8.00. The van der Waals surface area contributed by atoms with Gasteiger partial charge in [0.25, 0.3) is 11.8 Å². The van der Waals surface area contributed by atoms with Crippen molar-refractivity contribution in [3.63, 3.8) is 0 Å². The topological polar surface area (TPSA) is 109 Å². The lowest BCUT2D eigenvalue weighted by molar-refractivity contribution is -0.116. The number of nitrogens with zero attached hydrogens (tertiary/aromatic N) is 1. The number of hydrogen-bond acceptors (Lipinski definition) is 7. The van der Waals surface area contributed by atoms with Crippen molar-refractivity contribution < 1.29 is 19.1 Å². The van der Waals surface area contributed by atoms with E-state index >= 15 is 0 Å². The number of benzene rings is 4. The van der Waals surface area contributed by atoms with E-state index in [1.165, 1.54) is 29.2 Å². The van der Waals surface area contributed by atoms with E-state index in [9.17, 15) is 14.4 Å². The highest BCUT2D eigenvalue weighted by Crippen LogP contribution is 2.32. The summed E-state index contributed by atoms with van der Waals surface area (Å²) in [5.74, 6) is -0.438. The summed E-state index contributed by atoms with van der Waals surface area (Å²) in [6.07, 6.45) is 2.05. The molecule has 0 radical (unpaired) electrons. The molecular weight excluding hydrogens is 675 g/mol. The summed E-state index contributed by atoms with van der Waals surface area (Å²) < 4.78 is 6.49. The van der Waals surface area contributed by atoms with Crippen LogP contribution >= 0.6 is 46.3 Å². The van der Waals surface area contributed by atoms with Crippen molar-refractivity contribution in [3.05, 3.63) is 118 Å². The number of carbonyl (C=O) groups excluding carboxylic acids is 3. The van der Waals surface area contributed by atoms with Crippen molar-refractivity contribution in [1.82, 2.24) is 10.3 Å². The van der Waals surface area contributed by atoms with Gasteiger partial charge in [-0.3, -0.25) is 14.4 Å². The molecule has 8 nitrogen and oxygen atoms in total. The SMILES string of the molecule is CCOc1ccc2nc(NC(=O)C(CC)Sc3cccc(NC(=O)/C(=C\c4ccc(Cl)cc4Cl)NC(=O)c4ccccc4)c3)sc2c1. The Hall–Kier alpha value is -4.35.